The maximum atomic E-state index is 12.4. The number of carbonyl (C=O) groups excluding carboxylic acids is 1. The van der Waals surface area contributed by atoms with Gasteiger partial charge in [-0.25, -0.2) is 14.8 Å². The van der Waals surface area contributed by atoms with Crippen molar-refractivity contribution in [3.05, 3.63) is 83.6 Å². The fourth-order valence-electron chi connectivity index (χ4n) is 5.09. The number of hydrogen-bond donors (Lipinski definition) is 3. The molecule has 206 valence electrons. The zero-order valence-electron chi connectivity index (χ0n) is 23.0. The van der Waals surface area contributed by atoms with Gasteiger partial charge in [-0.3, -0.25) is 0 Å². The summed E-state index contributed by atoms with van der Waals surface area (Å²) >= 11 is 1.66. The van der Waals surface area contributed by atoms with E-state index in [1.54, 1.807) is 16.2 Å². The summed E-state index contributed by atoms with van der Waals surface area (Å²) in [4.78, 5) is 23.6. The van der Waals surface area contributed by atoms with Gasteiger partial charge in [0, 0.05) is 49.2 Å². The second kappa shape index (κ2) is 10.8. The number of pyridine rings is 1. The van der Waals surface area contributed by atoms with Crippen LogP contribution < -0.4 is 16.0 Å². The van der Waals surface area contributed by atoms with E-state index in [-0.39, 0.29) is 12.1 Å². The summed E-state index contributed by atoms with van der Waals surface area (Å²) in [7, 11) is 0. The van der Waals surface area contributed by atoms with Crippen LogP contribution in [0.1, 0.15) is 38.3 Å². The Morgan fingerprint density at radius 3 is 2.80 bits per heavy atom. The quantitative estimate of drug-likeness (QED) is 0.222. The smallest absolute Gasteiger partial charge is 0.410 e. The molecule has 2 aromatic heterocycles. The van der Waals surface area contributed by atoms with Gasteiger partial charge in [0.1, 0.15) is 11.4 Å². The molecule has 2 aliphatic heterocycles. The summed E-state index contributed by atoms with van der Waals surface area (Å²) in [5.74, 6) is 0.914. The van der Waals surface area contributed by atoms with Crippen molar-refractivity contribution in [1.82, 2.24) is 14.9 Å². The lowest BCUT2D eigenvalue weighted by molar-refractivity contribution is 0.0265. The van der Waals surface area contributed by atoms with Gasteiger partial charge in [-0.15, -0.1) is 0 Å². The van der Waals surface area contributed by atoms with E-state index in [0.29, 0.717) is 13.1 Å². The zero-order valence-corrected chi connectivity index (χ0v) is 23.8. The first-order chi connectivity index (χ1) is 19.3. The van der Waals surface area contributed by atoms with Crippen LogP contribution in [0.4, 0.5) is 27.1 Å². The minimum absolute atomic E-state index is 0.174. The van der Waals surface area contributed by atoms with Gasteiger partial charge < -0.3 is 25.6 Å². The number of benzene rings is 2. The van der Waals surface area contributed by atoms with Gasteiger partial charge in [0.05, 0.1) is 16.3 Å². The Kier molecular flexibility index (Phi) is 7.06. The number of rotatable bonds is 6. The van der Waals surface area contributed by atoms with Crippen LogP contribution in [0, 0.1) is 0 Å². The number of nitrogens with one attached hydrogen (secondary N) is 3. The lowest BCUT2D eigenvalue weighted by atomic mass is 9.97. The Hall–Kier alpha value is -4.11. The summed E-state index contributed by atoms with van der Waals surface area (Å²) in [6.45, 7) is 7.65. The molecular formula is C31H34N6O2S. The van der Waals surface area contributed by atoms with Crippen molar-refractivity contribution in [3.63, 3.8) is 0 Å². The molecule has 1 amide bonds. The average Bonchev–Trinajstić information content (AvgIpc) is 3.56. The number of fused-ring (bicyclic) bond motifs is 2. The number of carbonyl (C=O) groups is 1. The van der Waals surface area contributed by atoms with E-state index in [1.165, 1.54) is 16.7 Å². The van der Waals surface area contributed by atoms with Gasteiger partial charge in [0.15, 0.2) is 5.13 Å². The van der Waals surface area contributed by atoms with Crippen LogP contribution in [0.25, 0.3) is 10.2 Å². The molecule has 0 radical (unpaired) electrons. The third-order valence-corrected chi connectivity index (χ3v) is 8.05. The molecule has 40 heavy (non-hydrogen) atoms. The predicted octanol–water partition coefficient (Wildman–Crippen LogP) is 6.95. The zero-order chi connectivity index (χ0) is 27.7. The molecule has 0 saturated carbocycles. The maximum Gasteiger partial charge on any atom is 0.410 e. The van der Waals surface area contributed by atoms with Crippen molar-refractivity contribution in [2.24, 2.45) is 0 Å². The van der Waals surface area contributed by atoms with Gasteiger partial charge in [-0.05, 0) is 62.6 Å². The van der Waals surface area contributed by atoms with E-state index in [2.05, 4.69) is 57.3 Å². The lowest BCUT2D eigenvalue weighted by Gasteiger charge is -2.31. The second-order valence-corrected chi connectivity index (χ2v) is 12.2. The third-order valence-electron chi connectivity index (χ3n) is 7.07. The van der Waals surface area contributed by atoms with Crippen molar-refractivity contribution in [2.45, 2.75) is 51.8 Å². The van der Waals surface area contributed by atoms with E-state index in [0.717, 1.165) is 51.9 Å². The monoisotopic (exact) mass is 554 g/mol. The molecule has 1 unspecified atom stereocenters. The first-order valence-electron chi connectivity index (χ1n) is 13.7. The SMILES string of the molecule is CC(C)(C)OC(=O)N1CC=C(C2Cc3c(Nc4ccc5nc(NCc6ccccc6)sc5c4)ccnc3N2)CC1. The highest BCUT2D eigenvalue weighted by Gasteiger charge is 2.30. The van der Waals surface area contributed by atoms with Gasteiger partial charge in [0.25, 0.3) is 0 Å². The van der Waals surface area contributed by atoms with Crippen molar-refractivity contribution in [1.29, 1.82) is 0 Å². The highest BCUT2D eigenvalue weighted by molar-refractivity contribution is 7.22. The molecule has 4 heterocycles. The molecule has 9 heteroatoms. The second-order valence-electron chi connectivity index (χ2n) is 11.2. The normalized spacial score (nSPS) is 16.7. The molecule has 8 nitrogen and oxygen atoms in total. The first-order valence-corrected chi connectivity index (χ1v) is 14.5. The number of hydrogen-bond acceptors (Lipinski definition) is 8. The maximum absolute atomic E-state index is 12.4. The molecule has 3 N–H and O–H groups in total. The number of ether oxygens (including phenoxy) is 1. The van der Waals surface area contributed by atoms with Crippen molar-refractivity contribution in [2.75, 3.05) is 29.0 Å². The molecule has 2 aromatic carbocycles. The Morgan fingerprint density at radius 1 is 1.18 bits per heavy atom. The van der Waals surface area contributed by atoms with Crippen LogP contribution in [-0.2, 0) is 17.7 Å². The fraction of sp³-hybridized carbons (Fsp3) is 0.323. The molecular weight excluding hydrogens is 520 g/mol. The minimum Gasteiger partial charge on any atom is -0.444 e. The molecule has 1 atom stereocenters. The number of aromatic nitrogens is 2. The van der Waals surface area contributed by atoms with Crippen LogP contribution in [-0.4, -0.2) is 45.7 Å². The Labute approximate surface area is 238 Å². The minimum atomic E-state index is -0.489. The summed E-state index contributed by atoms with van der Waals surface area (Å²) < 4.78 is 6.67. The molecule has 0 bridgehead atoms. The van der Waals surface area contributed by atoms with Gasteiger partial charge in [-0.1, -0.05) is 47.7 Å². The number of nitrogens with zero attached hydrogens (tertiary/aromatic N) is 3. The Morgan fingerprint density at radius 2 is 2.02 bits per heavy atom. The summed E-state index contributed by atoms with van der Waals surface area (Å²) in [6, 6.07) is 18.8. The lowest BCUT2D eigenvalue weighted by Crippen LogP contribution is -2.40. The molecule has 4 aromatic rings. The highest BCUT2D eigenvalue weighted by atomic mass is 32.1. The fourth-order valence-corrected chi connectivity index (χ4v) is 5.99. The van der Waals surface area contributed by atoms with Gasteiger partial charge >= 0.3 is 6.09 Å². The first kappa shape index (κ1) is 26.1. The van der Waals surface area contributed by atoms with Crippen LogP contribution in [0.3, 0.4) is 0 Å². The van der Waals surface area contributed by atoms with Crippen molar-refractivity contribution in [3.8, 4) is 0 Å². The molecule has 0 spiro atoms. The topological polar surface area (TPSA) is 91.4 Å². The van der Waals surface area contributed by atoms with E-state index in [1.807, 2.05) is 51.2 Å². The third kappa shape index (κ3) is 5.89. The van der Waals surface area contributed by atoms with Crippen LogP contribution in [0.15, 0.2) is 72.4 Å². The molecule has 6 rings (SSSR count). The molecule has 0 saturated heterocycles. The van der Waals surface area contributed by atoms with E-state index in [9.17, 15) is 4.79 Å². The van der Waals surface area contributed by atoms with Gasteiger partial charge in [-0.2, -0.15) is 0 Å². The van der Waals surface area contributed by atoms with Crippen molar-refractivity contribution >= 4 is 50.0 Å². The number of thiazole rings is 1. The molecule has 2 aliphatic rings. The highest BCUT2D eigenvalue weighted by Crippen LogP contribution is 2.36. The van der Waals surface area contributed by atoms with Crippen LogP contribution in [0.2, 0.25) is 0 Å². The van der Waals surface area contributed by atoms with E-state index in [4.69, 9.17) is 9.72 Å². The standard InChI is InChI=1S/C31H34N6O2S/c1-31(2,3)39-30(38)37-15-12-21(13-16-37)26-18-23-24(11-14-32-28(23)35-26)34-22-9-10-25-27(17-22)40-29(36-25)33-19-20-7-5-4-6-8-20/h4-12,14,17,26H,13,15-16,18-19H2,1-3H3,(H,33,36)(H2,32,34,35). The predicted molar refractivity (Wildman–Crippen MR) is 163 cm³/mol. The number of anilines is 4. The number of amides is 1. The van der Waals surface area contributed by atoms with Crippen LogP contribution >= 0.6 is 11.3 Å². The summed E-state index contributed by atoms with van der Waals surface area (Å²) in [6.07, 6.45) is 5.41. The Balaban J connectivity index is 1.11. The molecule has 0 aliphatic carbocycles. The van der Waals surface area contributed by atoms with E-state index >= 15 is 0 Å². The van der Waals surface area contributed by atoms with E-state index < -0.39 is 5.60 Å². The average molecular weight is 555 g/mol. The van der Waals surface area contributed by atoms with Gasteiger partial charge in [0.2, 0.25) is 0 Å². The summed E-state index contributed by atoms with van der Waals surface area (Å²) in [5.41, 5.74) is 6.29. The van der Waals surface area contributed by atoms with Crippen LogP contribution in [0.5, 0.6) is 0 Å². The largest absolute Gasteiger partial charge is 0.444 e. The van der Waals surface area contributed by atoms with Crippen molar-refractivity contribution < 1.29 is 9.53 Å². The molecule has 0 fully saturated rings. The summed E-state index contributed by atoms with van der Waals surface area (Å²) in [5, 5.41) is 11.6. The Bertz CT molecular complexity index is 1560.